The predicted molar refractivity (Wildman–Crippen MR) is 82.1 cm³/mol. The third-order valence-corrected chi connectivity index (χ3v) is 6.36. The molecule has 0 aliphatic carbocycles. The summed E-state index contributed by atoms with van der Waals surface area (Å²) in [4.78, 5) is -0.0117. The van der Waals surface area contributed by atoms with Crippen LogP contribution in [-0.4, -0.2) is 47.0 Å². The second-order valence-electron chi connectivity index (χ2n) is 4.91. The zero-order chi connectivity index (χ0) is 15.8. The fourth-order valence-corrected chi connectivity index (χ4v) is 4.22. The first-order valence-electron chi connectivity index (χ1n) is 6.12. The molecule has 0 bridgehead atoms. The molecule has 1 aromatic carbocycles. The minimum atomic E-state index is -3.65. The summed E-state index contributed by atoms with van der Waals surface area (Å²) in [7, 11) is -4.01. The Bertz CT molecular complexity index is 783. The number of hydrogen-bond acceptors (Lipinski definition) is 6. The summed E-state index contributed by atoms with van der Waals surface area (Å²) >= 11 is 0. The normalized spacial score (nSPS) is 20.8. The van der Waals surface area contributed by atoms with Crippen LogP contribution in [0.25, 0.3) is 0 Å². The maximum absolute atomic E-state index is 12.2. The Kier molecular flexibility index (Phi) is 4.00. The van der Waals surface area contributed by atoms with E-state index in [1.807, 2.05) is 0 Å². The molecule has 1 aromatic rings. The number of benzene rings is 1. The van der Waals surface area contributed by atoms with Gasteiger partial charge in [0.05, 0.1) is 23.2 Å². The van der Waals surface area contributed by atoms with Gasteiger partial charge in [-0.2, -0.15) is 0 Å². The zero-order valence-corrected chi connectivity index (χ0v) is 13.3. The Labute approximate surface area is 124 Å². The molecule has 1 aliphatic rings. The molecule has 0 fully saturated rings. The molecule has 116 valence electrons. The van der Waals surface area contributed by atoms with Crippen LogP contribution < -0.4 is 11.1 Å². The fraction of sp³-hybridized carbons (Fsp3) is 0.333. The average Bonchev–Trinajstić information content (AvgIpc) is 2.71. The highest BCUT2D eigenvalue weighted by Crippen LogP contribution is 2.29. The van der Waals surface area contributed by atoms with Crippen LogP contribution in [0.2, 0.25) is 0 Å². The molecule has 1 unspecified atom stereocenters. The molecule has 0 radical (unpaired) electrons. The maximum atomic E-state index is 12.2. The van der Waals surface area contributed by atoms with Gasteiger partial charge in [0.25, 0.3) is 0 Å². The first-order chi connectivity index (χ1) is 9.63. The van der Waals surface area contributed by atoms with E-state index in [2.05, 4.69) is 5.32 Å². The van der Waals surface area contributed by atoms with E-state index >= 15 is 0 Å². The highest BCUT2D eigenvalue weighted by molar-refractivity contribution is 7.94. The van der Waals surface area contributed by atoms with Crippen LogP contribution in [0.15, 0.2) is 34.6 Å². The van der Waals surface area contributed by atoms with Gasteiger partial charge in [0, 0.05) is 19.5 Å². The number of sulfonamides is 1. The average molecular weight is 331 g/mol. The lowest BCUT2D eigenvalue weighted by Gasteiger charge is -2.18. The molecule has 1 atom stereocenters. The molecule has 0 saturated carbocycles. The largest absolute Gasteiger partial charge is 0.396 e. The van der Waals surface area contributed by atoms with Crippen molar-refractivity contribution in [1.29, 1.82) is 0 Å². The first-order valence-corrected chi connectivity index (χ1v) is 9.27. The SMILES string of the molecule is CN(C)S(=O)(=O)c1cccc(NC2C=CS(=O)(=O)C2)c1N. The summed E-state index contributed by atoms with van der Waals surface area (Å²) in [6, 6.07) is 4.16. The lowest BCUT2D eigenvalue weighted by Crippen LogP contribution is -2.25. The van der Waals surface area contributed by atoms with Gasteiger partial charge in [-0.3, -0.25) is 0 Å². The molecule has 3 N–H and O–H groups in total. The summed E-state index contributed by atoms with van der Waals surface area (Å²) in [6.07, 6.45) is 1.52. The van der Waals surface area contributed by atoms with Crippen LogP contribution in [0.5, 0.6) is 0 Å². The Hall–Kier alpha value is -1.58. The lowest BCUT2D eigenvalue weighted by molar-refractivity contribution is 0.521. The van der Waals surface area contributed by atoms with Gasteiger partial charge in [-0.15, -0.1) is 0 Å². The smallest absolute Gasteiger partial charge is 0.244 e. The monoisotopic (exact) mass is 331 g/mol. The maximum Gasteiger partial charge on any atom is 0.244 e. The van der Waals surface area contributed by atoms with Crippen molar-refractivity contribution in [3.8, 4) is 0 Å². The fourth-order valence-electron chi connectivity index (χ4n) is 1.96. The summed E-state index contributed by atoms with van der Waals surface area (Å²) in [5.41, 5.74) is 6.38. The molecule has 7 nitrogen and oxygen atoms in total. The van der Waals surface area contributed by atoms with Crippen LogP contribution in [0, 0.1) is 0 Å². The third kappa shape index (κ3) is 3.20. The van der Waals surface area contributed by atoms with Crippen molar-refractivity contribution in [3.63, 3.8) is 0 Å². The number of para-hydroxylation sites is 1. The summed E-state index contributed by atoms with van der Waals surface area (Å²) < 4.78 is 48.1. The second kappa shape index (κ2) is 5.32. The molecule has 0 amide bonds. The molecule has 9 heteroatoms. The number of nitrogen functional groups attached to an aromatic ring is 1. The van der Waals surface area contributed by atoms with Crippen molar-refractivity contribution >= 4 is 31.2 Å². The van der Waals surface area contributed by atoms with Crippen molar-refractivity contribution in [2.45, 2.75) is 10.9 Å². The Balaban J connectivity index is 2.34. The number of nitrogens with zero attached hydrogens (tertiary/aromatic N) is 1. The lowest BCUT2D eigenvalue weighted by atomic mass is 10.2. The molecule has 0 spiro atoms. The van der Waals surface area contributed by atoms with Crippen LogP contribution in [0.4, 0.5) is 11.4 Å². The third-order valence-electron chi connectivity index (χ3n) is 3.10. The van der Waals surface area contributed by atoms with E-state index in [4.69, 9.17) is 5.73 Å². The molecule has 0 aromatic heterocycles. The molecule has 2 rings (SSSR count). The molecule has 1 heterocycles. The number of rotatable bonds is 4. The summed E-state index contributed by atoms with van der Waals surface area (Å²) in [5, 5.41) is 4.08. The van der Waals surface area contributed by atoms with Gasteiger partial charge in [0.15, 0.2) is 9.84 Å². The Morgan fingerprint density at radius 3 is 2.52 bits per heavy atom. The predicted octanol–water partition coefficient (Wildman–Crippen LogP) is 0.242. The van der Waals surface area contributed by atoms with Gasteiger partial charge in [-0.25, -0.2) is 21.1 Å². The van der Waals surface area contributed by atoms with Crippen molar-refractivity contribution in [1.82, 2.24) is 4.31 Å². The topological polar surface area (TPSA) is 110 Å². The Morgan fingerprint density at radius 1 is 1.33 bits per heavy atom. The number of nitrogens with two attached hydrogens (primary N) is 1. The van der Waals surface area contributed by atoms with Crippen LogP contribution in [-0.2, 0) is 19.9 Å². The molecular formula is C12H17N3O4S2. The minimum Gasteiger partial charge on any atom is -0.396 e. The van der Waals surface area contributed by atoms with Crippen LogP contribution in [0.3, 0.4) is 0 Å². The van der Waals surface area contributed by atoms with Crippen molar-refractivity contribution in [3.05, 3.63) is 29.7 Å². The van der Waals surface area contributed by atoms with Gasteiger partial charge in [-0.05, 0) is 12.1 Å². The number of hydrogen-bond donors (Lipinski definition) is 2. The quantitative estimate of drug-likeness (QED) is 0.765. The summed E-state index contributed by atoms with van der Waals surface area (Å²) in [5.74, 6) is -0.0723. The van der Waals surface area contributed by atoms with Gasteiger partial charge in [0.1, 0.15) is 4.90 Å². The van der Waals surface area contributed by atoms with Crippen molar-refractivity contribution in [2.75, 3.05) is 30.9 Å². The van der Waals surface area contributed by atoms with E-state index in [1.54, 1.807) is 12.1 Å². The van der Waals surface area contributed by atoms with Gasteiger partial charge >= 0.3 is 0 Å². The van der Waals surface area contributed by atoms with E-state index in [0.29, 0.717) is 5.69 Å². The highest BCUT2D eigenvalue weighted by atomic mass is 32.2. The van der Waals surface area contributed by atoms with Gasteiger partial charge < -0.3 is 11.1 Å². The first kappa shape index (κ1) is 15.8. The standard InChI is InChI=1S/C12H17N3O4S2/c1-15(2)21(18,19)11-5-3-4-10(12(11)13)14-9-6-7-20(16,17)8-9/h3-7,9,14H,8,13H2,1-2H3. The molecule has 1 aliphatic heterocycles. The van der Waals surface area contributed by atoms with Gasteiger partial charge in [0.2, 0.25) is 10.0 Å². The van der Waals surface area contributed by atoms with Crippen LogP contribution >= 0.6 is 0 Å². The van der Waals surface area contributed by atoms with Crippen molar-refractivity contribution < 1.29 is 16.8 Å². The molecule has 0 saturated heterocycles. The number of nitrogens with one attached hydrogen (secondary N) is 1. The van der Waals surface area contributed by atoms with Crippen LogP contribution in [0.1, 0.15) is 0 Å². The Morgan fingerprint density at radius 2 is 2.00 bits per heavy atom. The van der Waals surface area contributed by atoms with Crippen molar-refractivity contribution in [2.24, 2.45) is 0 Å². The van der Waals surface area contributed by atoms with E-state index < -0.39 is 25.9 Å². The molecular weight excluding hydrogens is 314 g/mol. The number of anilines is 2. The minimum absolute atomic E-state index is 0.0117. The highest BCUT2D eigenvalue weighted by Gasteiger charge is 2.25. The van der Waals surface area contributed by atoms with Gasteiger partial charge in [-0.1, -0.05) is 12.1 Å². The number of sulfone groups is 1. The summed E-state index contributed by atoms with van der Waals surface area (Å²) in [6.45, 7) is 0. The zero-order valence-electron chi connectivity index (χ0n) is 11.6. The van der Waals surface area contributed by atoms with E-state index in [9.17, 15) is 16.8 Å². The second-order valence-corrected chi connectivity index (χ2v) is 8.97. The van der Waals surface area contributed by atoms with E-state index in [1.165, 1.54) is 26.2 Å². The molecule has 21 heavy (non-hydrogen) atoms. The van der Waals surface area contributed by atoms with E-state index in [0.717, 1.165) is 9.71 Å². The van der Waals surface area contributed by atoms with E-state index in [-0.39, 0.29) is 16.3 Å².